The molecule has 3 aromatic rings. The van der Waals surface area contributed by atoms with Crippen LogP contribution in [0.3, 0.4) is 0 Å². The Kier molecular flexibility index (Phi) is 5.85. The molecule has 1 aliphatic carbocycles. The molecule has 154 valence electrons. The molecule has 0 aliphatic heterocycles. The number of carbonyl (C=O) groups excluding carboxylic acids is 2. The average molecular weight is 422 g/mol. The largest absolute Gasteiger partial charge is 0.325 e. The standard InChI is InChI=1S/C22H23N5O2S/c1-14-7-6-10-18(15(14)2)23-21(29)24-19(28)13-30-22-26-25-20(16-11-12-16)27(22)17-8-4-3-5-9-17/h3-10,16H,11-13H2,1-2H3,(H2,23,24,28,29). The van der Waals surface area contributed by atoms with Gasteiger partial charge in [0, 0.05) is 17.3 Å². The van der Waals surface area contributed by atoms with Crippen LogP contribution in [0, 0.1) is 13.8 Å². The van der Waals surface area contributed by atoms with E-state index in [0.717, 1.165) is 35.5 Å². The summed E-state index contributed by atoms with van der Waals surface area (Å²) < 4.78 is 2.01. The molecule has 0 radical (unpaired) electrons. The van der Waals surface area contributed by atoms with Crippen LogP contribution in [-0.2, 0) is 4.79 Å². The van der Waals surface area contributed by atoms with Crippen LogP contribution < -0.4 is 10.6 Å². The Bertz CT molecular complexity index is 1080. The quantitative estimate of drug-likeness (QED) is 0.582. The summed E-state index contributed by atoms with van der Waals surface area (Å²) in [6.45, 7) is 3.90. The highest BCUT2D eigenvalue weighted by Gasteiger charge is 2.31. The predicted octanol–water partition coefficient (Wildman–Crippen LogP) is 4.20. The number of anilines is 1. The van der Waals surface area contributed by atoms with E-state index in [1.54, 1.807) is 0 Å². The van der Waals surface area contributed by atoms with Gasteiger partial charge in [0.1, 0.15) is 5.82 Å². The Balaban J connectivity index is 1.39. The molecule has 0 bridgehead atoms. The first kappa shape index (κ1) is 20.2. The first-order chi connectivity index (χ1) is 14.5. The van der Waals surface area contributed by atoms with Crippen molar-refractivity contribution in [1.29, 1.82) is 0 Å². The summed E-state index contributed by atoms with van der Waals surface area (Å²) in [5, 5.41) is 14.4. The molecule has 2 aromatic carbocycles. The van der Waals surface area contributed by atoms with Gasteiger partial charge < -0.3 is 5.32 Å². The number of imide groups is 1. The highest BCUT2D eigenvalue weighted by molar-refractivity contribution is 7.99. The van der Waals surface area contributed by atoms with Crippen LogP contribution in [0.2, 0.25) is 0 Å². The molecular formula is C22H23N5O2S. The maximum atomic E-state index is 12.3. The molecule has 1 heterocycles. The van der Waals surface area contributed by atoms with Gasteiger partial charge in [0.2, 0.25) is 5.91 Å². The van der Waals surface area contributed by atoms with Gasteiger partial charge in [0.05, 0.1) is 5.75 Å². The predicted molar refractivity (Wildman–Crippen MR) is 117 cm³/mol. The normalized spacial score (nSPS) is 13.1. The monoisotopic (exact) mass is 421 g/mol. The lowest BCUT2D eigenvalue weighted by molar-refractivity contribution is -0.117. The molecule has 8 heteroatoms. The van der Waals surface area contributed by atoms with E-state index in [2.05, 4.69) is 20.8 Å². The van der Waals surface area contributed by atoms with Crippen molar-refractivity contribution in [2.75, 3.05) is 11.1 Å². The van der Waals surface area contributed by atoms with E-state index in [0.29, 0.717) is 16.8 Å². The lowest BCUT2D eigenvalue weighted by Gasteiger charge is -2.11. The fourth-order valence-corrected chi connectivity index (χ4v) is 3.89. The van der Waals surface area contributed by atoms with Crippen LogP contribution >= 0.6 is 11.8 Å². The molecule has 0 spiro atoms. The zero-order valence-electron chi connectivity index (χ0n) is 16.9. The third-order valence-corrected chi connectivity index (χ3v) is 5.98. The van der Waals surface area contributed by atoms with E-state index in [-0.39, 0.29) is 5.75 Å². The number of urea groups is 1. The van der Waals surface area contributed by atoms with E-state index >= 15 is 0 Å². The molecule has 4 rings (SSSR count). The lowest BCUT2D eigenvalue weighted by atomic mass is 10.1. The van der Waals surface area contributed by atoms with Crippen LogP contribution in [-0.4, -0.2) is 32.5 Å². The van der Waals surface area contributed by atoms with Gasteiger partial charge in [-0.2, -0.15) is 0 Å². The van der Waals surface area contributed by atoms with Crippen molar-refractivity contribution < 1.29 is 9.59 Å². The highest BCUT2D eigenvalue weighted by atomic mass is 32.2. The zero-order chi connectivity index (χ0) is 21.1. The van der Waals surface area contributed by atoms with Crippen molar-refractivity contribution in [3.8, 4) is 5.69 Å². The minimum atomic E-state index is -0.544. The van der Waals surface area contributed by atoms with Gasteiger partial charge in [-0.15, -0.1) is 10.2 Å². The summed E-state index contributed by atoms with van der Waals surface area (Å²) in [6, 6.07) is 15.0. The Labute approximate surface area is 179 Å². The second kappa shape index (κ2) is 8.71. The summed E-state index contributed by atoms with van der Waals surface area (Å²) in [7, 11) is 0. The number of carbonyl (C=O) groups is 2. The maximum absolute atomic E-state index is 12.3. The number of thioether (sulfide) groups is 1. The summed E-state index contributed by atoms with van der Waals surface area (Å²) in [4.78, 5) is 24.5. The minimum absolute atomic E-state index is 0.0653. The number of aromatic nitrogens is 3. The highest BCUT2D eigenvalue weighted by Crippen LogP contribution is 2.41. The van der Waals surface area contributed by atoms with Crippen LogP contribution in [0.1, 0.15) is 35.7 Å². The number of benzene rings is 2. The number of amides is 3. The molecule has 1 aromatic heterocycles. The average Bonchev–Trinajstić information content (AvgIpc) is 3.49. The molecule has 3 amide bonds. The molecule has 30 heavy (non-hydrogen) atoms. The molecule has 1 fully saturated rings. The van der Waals surface area contributed by atoms with Crippen molar-refractivity contribution in [1.82, 2.24) is 20.1 Å². The second-order valence-electron chi connectivity index (χ2n) is 7.32. The Morgan fingerprint density at radius 1 is 1.07 bits per heavy atom. The summed E-state index contributed by atoms with van der Waals surface area (Å²) in [5.74, 6) is 1.02. The molecule has 2 N–H and O–H groups in total. The van der Waals surface area contributed by atoms with Crippen LogP contribution in [0.4, 0.5) is 10.5 Å². The van der Waals surface area contributed by atoms with Gasteiger partial charge in [0.25, 0.3) is 0 Å². The Morgan fingerprint density at radius 2 is 1.83 bits per heavy atom. The minimum Gasteiger partial charge on any atom is -0.307 e. The van der Waals surface area contributed by atoms with E-state index < -0.39 is 11.9 Å². The van der Waals surface area contributed by atoms with Crippen molar-refractivity contribution in [3.63, 3.8) is 0 Å². The summed E-state index contributed by atoms with van der Waals surface area (Å²) in [5.41, 5.74) is 3.70. The van der Waals surface area contributed by atoms with Crippen LogP contribution in [0.5, 0.6) is 0 Å². The number of para-hydroxylation sites is 1. The molecule has 0 unspecified atom stereocenters. The lowest BCUT2D eigenvalue weighted by Crippen LogP contribution is -2.35. The summed E-state index contributed by atoms with van der Waals surface area (Å²) >= 11 is 1.27. The third-order valence-electron chi connectivity index (χ3n) is 5.05. The Hall–Kier alpha value is -3.13. The van der Waals surface area contributed by atoms with E-state index in [1.807, 2.05) is 66.9 Å². The van der Waals surface area contributed by atoms with Gasteiger partial charge in [-0.25, -0.2) is 4.79 Å². The van der Waals surface area contributed by atoms with Crippen molar-refractivity contribution >= 4 is 29.4 Å². The van der Waals surface area contributed by atoms with E-state index in [4.69, 9.17) is 0 Å². The number of aryl methyl sites for hydroxylation is 1. The SMILES string of the molecule is Cc1cccc(NC(=O)NC(=O)CSc2nnc(C3CC3)n2-c2ccccc2)c1C. The van der Waals surface area contributed by atoms with Gasteiger partial charge in [-0.05, 0) is 56.0 Å². The molecular weight excluding hydrogens is 398 g/mol. The van der Waals surface area contributed by atoms with E-state index in [1.165, 1.54) is 11.8 Å². The Morgan fingerprint density at radius 3 is 2.57 bits per heavy atom. The first-order valence-electron chi connectivity index (χ1n) is 9.83. The molecule has 1 saturated carbocycles. The smallest absolute Gasteiger partial charge is 0.307 e. The fourth-order valence-electron chi connectivity index (χ4n) is 3.13. The number of hydrogen-bond donors (Lipinski definition) is 2. The summed E-state index contributed by atoms with van der Waals surface area (Å²) in [6.07, 6.45) is 2.21. The van der Waals surface area contributed by atoms with Crippen molar-refractivity contribution in [3.05, 3.63) is 65.5 Å². The topological polar surface area (TPSA) is 88.9 Å². The fraction of sp³-hybridized carbons (Fsp3) is 0.273. The van der Waals surface area contributed by atoms with E-state index in [9.17, 15) is 9.59 Å². The molecule has 0 atom stereocenters. The van der Waals surface area contributed by atoms with Crippen LogP contribution in [0.25, 0.3) is 5.69 Å². The number of nitrogens with zero attached hydrogens (tertiary/aromatic N) is 3. The third kappa shape index (κ3) is 4.54. The van der Waals surface area contributed by atoms with Crippen molar-refractivity contribution in [2.45, 2.75) is 37.8 Å². The molecule has 1 aliphatic rings. The molecule has 7 nitrogen and oxygen atoms in total. The first-order valence-corrected chi connectivity index (χ1v) is 10.8. The zero-order valence-corrected chi connectivity index (χ0v) is 17.7. The van der Waals surface area contributed by atoms with Gasteiger partial charge in [-0.1, -0.05) is 42.1 Å². The van der Waals surface area contributed by atoms with Crippen molar-refractivity contribution in [2.24, 2.45) is 0 Å². The van der Waals surface area contributed by atoms with Gasteiger partial charge in [-0.3, -0.25) is 14.7 Å². The molecule has 0 saturated heterocycles. The number of nitrogens with one attached hydrogen (secondary N) is 2. The van der Waals surface area contributed by atoms with Gasteiger partial charge >= 0.3 is 6.03 Å². The number of hydrogen-bond acceptors (Lipinski definition) is 5. The maximum Gasteiger partial charge on any atom is 0.325 e. The second-order valence-corrected chi connectivity index (χ2v) is 8.27. The number of rotatable bonds is 6. The van der Waals surface area contributed by atoms with Gasteiger partial charge in [0.15, 0.2) is 5.16 Å². The van der Waals surface area contributed by atoms with Crippen LogP contribution in [0.15, 0.2) is 53.7 Å².